The SMILES string of the molecule is O=C(Cn1cnc2scc(-c3cccs3)c2c1=O)Nc1c[nH]ccc1=O. The van der Waals surface area contributed by atoms with Crippen molar-refractivity contribution in [2.24, 2.45) is 0 Å². The van der Waals surface area contributed by atoms with Crippen LogP contribution in [-0.4, -0.2) is 20.4 Å². The van der Waals surface area contributed by atoms with Crippen molar-refractivity contribution in [2.75, 3.05) is 5.32 Å². The van der Waals surface area contributed by atoms with Crippen molar-refractivity contribution in [3.05, 3.63) is 68.3 Å². The summed E-state index contributed by atoms with van der Waals surface area (Å²) in [5, 5.41) is 6.85. The van der Waals surface area contributed by atoms with Crippen LogP contribution in [-0.2, 0) is 11.3 Å². The number of rotatable bonds is 4. The van der Waals surface area contributed by atoms with E-state index in [1.807, 2.05) is 22.9 Å². The molecule has 4 aromatic heterocycles. The van der Waals surface area contributed by atoms with Gasteiger partial charge in [0, 0.05) is 34.3 Å². The summed E-state index contributed by atoms with van der Waals surface area (Å²) in [4.78, 5) is 45.4. The number of H-pyrrole nitrogens is 1. The molecule has 0 spiro atoms. The van der Waals surface area contributed by atoms with Gasteiger partial charge in [0.25, 0.3) is 5.56 Å². The summed E-state index contributed by atoms with van der Waals surface area (Å²) in [5.41, 5.74) is 0.369. The molecule has 0 atom stereocenters. The van der Waals surface area contributed by atoms with Crippen molar-refractivity contribution in [2.45, 2.75) is 6.54 Å². The molecule has 1 amide bonds. The molecule has 0 saturated heterocycles. The normalized spacial score (nSPS) is 10.9. The second kappa shape index (κ2) is 6.70. The van der Waals surface area contributed by atoms with Gasteiger partial charge in [0.05, 0.1) is 11.7 Å². The van der Waals surface area contributed by atoms with Crippen LogP contribution in [0, 0.1) is 0 Å². The molecule has 0 bridgehead atoms. The monoisotopic (exact) mass is 384 g/mol. The zero-order valence-corrected chi connectivity index (χ0v) is 14.9. The standard InChI is InChI=1S/C17H12N4O3S2/c22-12-3-4-18-6-11(12)20-14(23)7-21-9-19-16-15(17(21)24)10(8-26-16)13-2-1-5-25-13/h1-6,8-9H,7H2,(H,18,22)(H,20,23). The minimum atomic E-state index is -0.474. The average Bonchev–Trinajstić information content (AvgIpc) is 3.29. The fourth-order valence-electron chi connectivity index (χ4n) is 2.55. The molecule has 0 unspecified atom stereocenters. The third kappa shape index (κ3) is 2.98. The first kappa shape index (κ1) is 16.4. The highest BCUT2D eigenvalue weighted by Gasteiger charge is 2.15. The van der Waals surface area contributed by atoms with E-state index in [4.69, 9.17) is 0 Å². The number of hydrogen-bond donors (Lipinski definition) is 2. The van der Waals surface area contributed by atoms with Gasteiger partial charge in [-0.3, -0.25) is 19.0 Å². The van der Waals surface area contributed by atoms with Gasteiger partial charge in [-0.15, -0.1) is 22.7 Å². The molecule has 26 heavy (non-hydrogen) atoms. The molecule has 0 aliphatic rings. The highest BCUT2D eigenvalue weighted by atomic mass is 32.1. The molecular weight excluding hydrogens is 372 g/mol. The van der Waals surface area contributed by atoms with Gasteiger partial charge in [-0.1, -0.05) is 6.07 Å². The van der Waals surface area contributed by atoms with Crippen molar-refractivity contribution >= 4 is 44.5 Å². The van der Waals surface area contributed by atoms with E-state index >= 15 is 0 Å². The second-order valence-electron chi connectivity index (χ2n) is 5.45. The molecule has 0 fully saturated rings. The van der Waals surface area contributed by atoms with E-state index in [-0.39, 0.29) is 23.2 Å². The van der Waals surface area contributed by atoms with Gasteiger partial charge in [0.15, 0.2) is 0 Å². The van der Waals surface area contributed by atoms with E-state index in [9.17, 15) is 14.4 Å². The van der Waals surface area contributed by atoms with Gasteiger partial charge in [0.2, 0.25) is 11.3 Å². The summed E-state index contributed by atoms with van der Waals surface area (Å²) in [7, 11) is 0. The number of aromatic amines is 1. The second-order valence-corrected chi connectivity index (χ2v) is 7.26. The lowest BCUT2D eigenvalue weighted by atomic mass is 10.2. The number of anilines is 1. The molecule has 0 aliphatic carbocycles. The van der Waals surface area contributed by atoms with Crippen molar-refractivity contribution in [1.29, 1.82) is 0 Å². The molecule has 0 radical (unpaired) electrons. The number of fused-ring (bicyclic) bond motifs is 1. The predicted octanol–water partition coefficient (Wildman–Crippen LogP) is 2.51. The van der Waals surface area contributed by atoms with Crippen LogP contribution in [0.25, 0.3) is 20.7 Å². The first-order valence-corrected chi connectivity index (χ1v) is 9.37. The van der Waals surface area contributed by atoms with Gasteiger partial charge in [-0.2, -0.15) is 0 Å². The Morgan fingerprint density at radius 1 is 1.27 bits per heavy atom. The summed E-state index contributed by atoms with van der Waals surface area (Å²) in [6.45, 7) is -0.226. The lowest BCUT2D eigenvalue weighted by Gasteiger charge is -2.07. The van der Waals surface area contributed by atoms with E-state index in [0.717, 1.165) is 10.4 Å². The number of thiophene rings is 2. The van der Waals surface area contributed by atoms with Gasteiger partial charge < -0.3 is 10.3 Å². The van der Waals surface area contributed by atoms with Crippen molar-refractivity contribution < 1.29 is 4.79 Å². The molecule has 0 aliphatic heterocycles. The van der Waals surface area contributed by atoms with E-state index in [2.05, 4.69) is 15.3 Å². The largest absolute Gasteiger partial charge is 0.366 e. The van der Waals surface area contributed by atoms with Crippen LogP contribution in [0.3, 0.4) is 0 Å². The maximum atomic E-state index is 12.8. The van der Waals surface area contributed by atoms with Gasteiger partial charge in [-0.05, 0) is 11.4 Å². The Bertz CT molecular complexity index is 1200. The predicted molar refractivity (Wildman–Crippen MR) is 103 cm³/mol. The Morgan fingerprint density at radius 3 is 2.92 bits per heavy atom. The number of pyridine rings is 1. The van der Waals surface area contributed by atoms with E-state index in [1.165, 1.54) is 40.7 Å². The Kier molecular flexibility index (Phi) is 4.23. The number of nitrogens with one attached hydrogen (secondary N) is 2. The highest BCUT2D eigenvalue weighted by Crippen LogP contribution is 2.33. The number of amides is 1. The fraction of sp³-hybridized carbons (Fsp3) is 0.0588. The number of aromatic nitrogens is 3. The number of carbonyl (C=O) groups is 1. The lowest BCUT2D eigenvalue weighted by molar-refractivity contribution is -0.116. The molecular formula is C17H12N4O3S2. The van der Waals surface area contributed by atoms with Crippen LogP contribution < -0.4 is 16.3 Å². The quantitative estimate of drug-likeness (QED) is 0.565. The summed E-state index contributed by atoms with van der Waals surface area (Å²) in [6.07, 6.45) is 4.23. The summed E-state index contributed by atoms with van der Waals surface area (Å²) in [6, 6.07) is 5.18. The van der Waals surface area contributed by atoms with E-state index in [1.54, 1.807) is 11.3 Å². The summed E-state index contributed by atoms with van der Waals surface area (Å²) >= 11 is 2.94. The van der Waals surface area contributed by atoms with Crippen LogP contribution in [0.15, 0.2) is 57.3 Å². The van der Waals surface area contributed by atoms with Crippen LogP contribution in [0.2, 0.25) is 0 Å². The van der Waals surface area contributed by atoms with Crippen LogP contribution in [0.4, 0.5) is 5.69 Å². The fourth-order valence-corrected chi connectivity index (χ4v) is 4.27. The third-order valence-electron chi connectivity index (χ3n) is 3.76. The molecule has 4 rings (SSSR count). The van der Waals surface area contributed by atoms with Crippen LogP contribution in [0.1, 0.15) is 0 Å². The molecule has 0 aromatic carbocycles. The number of nitrogens with zero attached hydrogens (tertiary/aromatic N) is 2. The first-order chi connectivity index (χ1) is 12.6. The maximum absolute atomic E-state index is 12.8. The minimum absolute atomic E-state index is 0.134. The van der Waals surface area contributed by atoms with Gasteiger partial charge in [-0.25, -0.2) is 4.98 Å². The smallest absolute Gasteiger partial charge is 0.263 e. The van der Waals surface area contributed by atoms with E-state index < -0.39 is 5.91 Å². The van der Waals surface area contributed by atoms with Crippen molar-refractivity contribution in [3.63, 3.8) is 0 Å². The minimum Gasteiger partial charge on any atom is -0.366 e. The number of carbonyl (C=O) groups excluding carboxylic acids is 1. The van der Waals surface area contributed by atoms with Crippen molar-refractivity contribution in [3.8, 4) is 10.4 Å². The molecule has 4 heterocycles. The summed E-state index contributed by atoms with van der Waals surface area (Å²) < 4.78 is 1.25. The van der Waals surface area contributed by atoms with Gasteiger partial charge in [0.1, 0.15) is 17.1 Å². The van der Waals surface area contributed by atoms with Crippen LogP contribution in [0.5, 0.6) is 0 Å². The highest BCUT2D eigenvalue weighted by molar-refractivity contribution is 7.18. The third-order valence-corrected chi connectivity index (χ3v) is 5.55. The Labute approximate surface area is 154 Å². The zero-order chi connectivity index (χ0) is 18.1. The maximum Gasteiger partial charge on any atom is 0.263 e. The van der Waals surface area contributed by atoms with Gasteiger partial charge >= 0.3 is 0 Å². The Balaban J connectivity index is 1.67. The van der Waals surface area contributed by atoms with Crippen molar-refractivity contribution in [1.82, 2.24) is 14.5 Å². The first-order valence-electron chi connectivity index (χ1n) is 7.61. The lowest BCUT2D eigenvalue weighted by Crippen LogP contribution is -2.29. The molecule has 0 saturated carbocycles. The van der Waals surface area contributed by atoms with E-state index in [0.29, 0.717) is 10.2 Å². The average molecular weight is 384 g/mol. The topological polar surface area (TPSA) is 96.8 Å². The molecule has 9 heteroatoms. The number of hydrogen-bond acceptors (Lipinski definition) is 6. The summed E-state index contributed by atoms with van der Waals surface area (Å²) in [5.74, 6) is -0.474. The molecule has 7 nitrogen and oxygen atoms in total. The van der Waals surface area contributed by atoms with Crippen LogP contribution >= 0.6 is 22.7 Å². The molecule has 4 aromatic rings. The Hall–Kier alpha value is -3.04. The molecule has 2 N–H and O–H groups in total. The Morgan fingerprint density at radius 2 is 2.15 bits per heavy atom. The molecule has 130 valence electrons. The zero-order valence-electron chi connectivity index (χ0n) is 13.3.